The molecule has 0 spiro atoms. The highest BCUT2D eigenvalue weighted by molar-refractivity contribution is 5.60. The predicted octanol–water partition coefficient (Wildman–Crippen LogP) is 1.28. The quantitative estimate of drug-likeness (QED) is 0.704. The van der Waals surface area contributed by atoms with Crippen molar-refractivity contribution in [3.63, 3.8) is 0 Å². The van der Waals surface area contributed by atoms with Crippen molar-refractivity contribution >= 4 is 6.16 Å². The highest BCUT2D eigenvalue weighted by atomic mass is 16.8. The second-order valence-corrected chi connectivity index (χ2v) is 4.73. The maximum absolute atomic E-state index is 11.3. The van der Waals surface area contributed by atoms with E-state index in [0.29, 0.717) is 6.54 Å². The van der Waals surface area contributed by atoms with Gasteiger partial charge < -0.3 is 15.3 Å². The molecule has 1 atom stereocenters. The number of nitrogens with two attached hydrogens (primary N) is 1. The van der Waals surface area contributed by atoms with Gasteiger partial charge >= 0.3 is 6.16 Å². The molecule has 0 aliphatic carbocycles. The Morgan fingerprint density at radius 3 is 2.73 bits per heavy atom. The Bertz CT molecular complexity index is 225. The van der Waals surface area contributed by atoms with E-state index in [2.05, 4.69) is 0 Å². The fraction of sp³-hybridized carbons (Fsp3) is 0.900. The summed E-state index contributed by atoms with van der Waals surface area (Å²) in [7, 11) is 0. The Kier molecular flexibility index (Phi) is 3.93. The molecular formula is C10H20N2O3. The van der Waals surface area contributed by atoms with Gasteiger partial charge in [-0.3, -0.25) is 0 Å². The SMILES string of the molecule is CC(C)(C)OC(=O)ON1CCCC1CN. The number of hydrogen-bond acceptors (Lipinski definition) is 5. The van der Waals surface area contributed by atoms with Gasteiger partial charge in [0.05, 0.1) is 6.04 Å². The Morgan fingerprint density at radius 2 is 2.20 bits per heavy atom. The summed E-state index contributed by atoms with van der Waals surface area (Å²) >= 11 is 0. The van der Waals surface area contributed by atoms with Crippen LogP contribution in [0, 0.1) is 0 Å². The van der Waals surface area contributed by atoms with Crippen molar-refractivity contribution in [1.29, 1.82) is 0 Å². The van der Waals surface area contributed by atoms with Gasteiger partial charge in [-0.15, -0.1) is 5.06 Å². The van der Waals surface area contributed by atoms with E-state index < -0.39 is 11.8 Å². The molecule has 5 heteroatoms. The minimum Gasteiger partial charge on any atom is -0.427 e. The molecule has 15 heavy (non-hydrogen) atoms. The van der Waals surface area contributed by atoms with Gasteiger partial charge in [0.15, 0.2) is 0 Å². The molecule has 0 amide bonds. The average Bonchev–Trinajstić information content (AvgIpc) is 2.48. The van der Waals surface area contributed by atoms with E-state index >= 15 is 0 Å². The summed E-state index contributed by atoms with van der Waals surface area (Å²) < 4.78 is 5.05. The Hall–Kier alpha value is -0.810. The van der Waals surface area contributed by atoms with E-state index in [-0.39, 0.29) is 6.04 Å². The van der Waals surface area contributed by atoms with Crippen LogP contribution in [0.4, 0.5) is 4.79 Å². The summed E-state index contributed by atoms with van der Waals surface area (Å²) in [4.78, 5) is 16.4. The predicted molar refractivity (Wildman–Crippen MR) is 56.1 cm³/mol. The molecule has 1 fully saturated rings. The fourth-order valence-electron chi connectivity index (χ4n) is 1.53. The topological polar surface area (TPSA) is 64.8 Å². The third-order valence-electron chi connectivity index (χ3n) is 2.18. The summed E-state index contributed by atoms with van der Waals surface area (Å²) in [6.07, 6.45) is 1.33. The lowest BCUT2D eigenvalue weighted by atomic mass is 10.2. The molecule has 1 rings (SSSR count). The molecule has 0 aromatic heterocycles. The fourth-order valence-corrected chi connectivity index (χ4v) is 1.53. The smallest absolute Gasteiger partial charge is 0.427 e. The zero-order valence-corrected chi connectivity index (χ0v) is 9.66. The molecule has 5 nitrogen and oxygen atoms in total. The lowest BCUT2D eigenvalue weighted by Crippen LogP contribution is -2.38. The van der Waals surface area contributed by atoms with Gasteiger partial charge in [0.1, 0.15) is 5.60 Å². The Balaban J connectivity index is 2.37. The lowest BCUT2D eigenvalue weighted by molar-refractivity contribution is -0.148. The van der Waals surface area contributed by atoms with Crippen molar-refractivity contribution in [2.75, 3.05) is 13.1 Å². The standard InChI is InChI=1S/C10H20N2O3/c1-10(2,3)14-9(13)15-12-6-4-5-8(12)7-11/h8H,4-7,11H2,1-3H3. The van der Waals surface area contributed by atoms with Crippen LogP contribution in [0.15, 0.2) is 0 Å². The van der Waals surface area contributed by atoms with Crippen LogP contribution in [-0.4, -0.2) is 36.0 Å². The molecule has 0 aromatic carbocycles. The van der Waals surface area contributed by atoms with Crippen molar-refractivity contribution in [3.8, 4) is 0 Å². The zero-order valence-electron chi connectivity index (χ0n) is 9.66. The summed E-state index contributed by atoms with van der Waals surface area (Å²) in [5.41, 5.74) is 5.03. The molecule has 1 heterocycles. The summed E-state index contributed by atoms with van der Waals surface area (Å²) in [6.45, 7) is 6.65. The number of ether oxygens (including phenoxy) is 1. The average molecular weight is 216 g/mol. The van der Waals surface area contributed by atoms with Crippen LogP contribution < -0.4 is 5.73 Å². The van der Waals surface area contributed by atoms with E-state index in [1.165, 1.54) is 0 Å². The van der Waals surface area contributed by atoms with E-state index in [9.17, 15) is 4.79 Å². The molecule has 0 saturated carbocycles. The van der Waals surface area contributed by atoms with Crippen molar-refractivity contribution < 1.29 is 14.4 Å². The number of carbonyl (C=O) groups is 1. The molecule has 1 saturated heterocycles. The van der Waals surface area contributed by atoms with Gasteiger partial charge in [-0.25, -0.2) is 4.79 Å². The largest absolute Gasteiger partial charge is 0.528 e. The van der Waals surface area contributed by atoms with Crippen LogP contribution in [0.25, 0.3) is 0 Å². The van der Waals surface area contributed by atoms with Crippen LogP contribution in [0.2, 0.25) is 0 Å². The molecule has 2 N–H and O–H groups in total. The number of carbonyl (C=O) groups excluding carboxylic acids is 1. The first-order chi connectivity index (χ1) is 6.92. The third kappa shape index (κ3) is 4.05. The molecule has 1 unspecified atom stereocenters. The first kappa shape index (κ1) is 12.3. The number of hydrogen-bond donors (Lipinski definition) is 1. The highest BCUT2D eigenvalue weighted by Gasteiger charge is 2.28. The Labute approximate surface area is 90.5 Å². The normalized spacial score (nSPS) is 22.8. The van der Waals surface area contributed by atoms with Gasteiger partial charge in [0.25, 0.3) is 0 Å². The summed E-state index contributed by atoms with van der Waals surface area (Å²) in [5.74, 6) is 0. The number of hydroxylamine groups is 2. The van der Waals surface area contributed by atoms with Crippen LogP contribution in [0.5, 0.6) is 0 Å². The summed E-state index contributed by atoms with van der Waals surface area (Å²) in [6, 6.07) is 0.137. The van der Waals surface area contributed by atoms with Crippen molar-refractivity contribution in [2.24, 2.45) is 5.73 Å². The minimum atomic E-state index is -0.650. The molecule has 0 radical (unpaired) electrons. The second kappa shape index (κ2) is 4.81. The molecular weight excluding hydrogens is 196 g/mol. The van der Waals surface area contributed by atoms with Crippen LogP contribution in [0.1, 0.15) is 33.6 Å². The van der Waals surface area contributed by atoms with Crippen LogP contribution in [-0.2, 0) is 9.57 Å². The van der Waals surface area contributed by atoms with Crippen molar-refractivity contribution in [2.45, 2.75) is 45.3 Å². The van der Waals surface area contributed by atoms with Crippen molar-refractivity contribution in [3.05, 3.63) is 0 Å². The second-order valence-electron chi connectivity index (χ2n) is 4.73. The van der Waals surface area contributed by atoms with Crippen molar-refractivity contribution in [1.82, 2.24) is 5.06 Å². The van der Waals surface area contributed by atoms with E-state index in [0.717, 1.165) is 19.4 Å². The van der Waals surface area contributed by atoms with E-state index in [1.54, 1.807) is 25.8 Å². The highest BCUT2D eigenvalue weighted by Crippen LogP contribution is 2.18. The van der Waals surface area contributed by atoms with E-state index in [1.807, 2.05) is 0 Å². The zero-order chi connectivity index (χ0) is 11.5. The number of rotatable bonds is 2. The third-order valence-corrected chi connectivity index (χ3v) is 2.18. The van der Waals surface area contributed by atoms with Gasteiger partial charge in [0, 0.05) is 13.1 Å². The van der Waals surface area contributed by atoms with Gasteiger partial charge in [-0.05, 0) is 33.6 Å². The molecule has 88 valence electrons. The van der Waals surface area contributed by atoms with E-state index in [4.69, 9.17) is 15.3 Å². The molecule has 0 bridgehead atoms. The molecule has 1 aliphatic rings. The number of nitrogens with zero attached hydrogens (tertiary/aromatic N) is 1. The minimum absolute atomic E-state index is 0.137. The molecule has 1 aliphatic heterocycles. The monoisotopic (exact) mass is 216 g/mol. The Morgan fingerprint density at radius 1 is 1.53 bits per heavy atom. The van der Waals surface area contributed by atoms with Crippen LogP contribution >= 0.6 is 0 Å². The summed E-state index contributed by atoms with van der Waals surface area (Å²) in [5, 5.41) is 1.62. The maximum atomic E-state index is 11.3. The first-order valence-electron chi connectivity index (χ1n) is 5.30. The van der Waals surface area contributed by atoms with Crippen LogP contribution in [0.3, 0.4) is 0 Å². The molecule has 0 aromatic rings. The first-order valence-corrected chi connectivity index (χ1v) is 5.30. The van der Waals surface area contributed by atoms with Gasteiger partial charge in [0.2, 0.25) is 0 Å². The maximum Gasteiger partial charge on any atom is 0.528 e. The van der Waals surface area contributed by atoms with Gasteiger partial charge in [-0.1, -0.05) is 0 Å². The lowest BCUT2D eigenvalue weighted by Gasteiger charge is -2.24. The van der Waals surface area contributed by atoms with Gasteiger partial charge in [-0.2, -0.15) is 0 Å².